The second-order valence-electron chi connectivity index (χ2n) is 3.71. The van der Waals surface area contributed by atoms with Gasteiger partial charge in [0.25, 0.3) is 10.0 Å². The molecular formula is C13H15NO6S. The zero-order valence-corrected chi connectivity index (χ0v) is 12.2. The number of benzene rings is 1. The number of ether oxygens (including phenoxy) is 2. The Hall–Kier alpha value is -2.35. The van der Waals surface area contributed by atoms with Crippen molar-refractivity contribution in [3.8, 4) is 0 Å². The highest BCUT2D eigenvalue weighted by Gasteiger charge is 2.25. The van der Waals surface area contributed by atoms with Crippen molar-refractivity contribution in [2.45, 2.75) is 11.8 Å². The van der Waals surface area contributed by atoms with Crippen molar-refractivity contribution in [2.75, 3.05) is 13.2 Å². The van der Waals surface area contributed by atoms with E-state index in [1.54, 1.807) is 4.72 Å². The molecule has 0 bridgehead atoms. The first-order valence-electron chi connectivity index (χ1n) is 5.99. The molecule has 114 valence electrons. The molecule has 0 aromatic heterocycles. The average Bonchev–Trinajstić information content (AvgIpc) is 2.44. The van der Waals surface area contributed by atoms with Gasteiger partial charge < -0.3 is 9.47 Å². The molecule has 1 aromatic carbocycles. The van der Waals surface area contributed by atoms with Crippen LogP contribution in [-0.2, 0) is 19.5 Å². The number of hydrogen-bond acceptors (Lipinski definition) is 6. The fourth-order valence-corrected chi connectivity index (χ4v) is 2.49. The Balaban J connectivity index is 3.09. The fraction of sp³-hybridized carbons (Fsp3) is 0.231. The normalized spacial score (nSPS) is 10.5. The topological polar surface area (TPSA) is 98.8 Å². The first kappa shape index (κ1) is 16.7. The van der Waals surface area contributed by atoms with Crippen LogP contribution in [0.2, 0.25) is 0 Å². The monoisotopic (exact) mass is 313 g/mol. The summed E-state index contributed by atoms with van der Waals surface area (Å²) in [6.45, 7) is 4.88. The van der Waals surface area contributed by atoms with Crippen LogP contribution in [0.25, 0.3) is 0 Å². The lowest BCUT2D eigenvalue weighted by Gasteiger charge is -2.10. The lowest BCUT2D eigenvalue weighted by atomic mass is 10.2. The first-order chi connectivity index (χ1) is 9.92. The van der Waals surface area contributed by atoms with Crippen molar-refractivity contribution in [1.29, 1.82) is 0 Å². The highest BCUT2D eigenvalue weighted by molar-refractivity contribution is 7.90. The third-order valence-corrected chi connectivity index (χ3v) is 3.59. The Morgan fingerprint density at radius 3 is 2.57 bits per heavy atom. The lowest BCUT2D eigenvalue weighted by Crippen LogP contribution is -2.32. The Bertz CT molecular complexity index is 638. The highest BCUT2D eigenvalue weighted by atomic mass is 32.2. The second kappa shape index (κ2) is 7.44. The zero-order valence-electron chi connectivity index (χ0n) is 11.4. The van der Waals surface area contributed by atoms with Crippen LogP contribution in [0.3, 0.4) is 0 Å². The molecule has 0 saturated heterocycles. The molecule has 0 saturated carbocycles. The van der Waals surface area contributed by atoms with Crippen LogP contribution in [0, 0.1) is 0 Å². The number of nitrogens with one attached hydrogen (secondary N) is 1. The minimum atomic E-state index is -4.23. The predicted molar refractivity (Wildman–Crippen MR) is 74.3 cm³/mol. The first-order valence-corrected chi connectivity index (χ1v) is 7.47. The molecule has 1 rings (SSSR count). The second-order valence-corrected chi connectivity index (χ2v) is 5.36. The van der Waals surface area contributed by atoms with Gasteiger partial charge in [-0.1, -0.05) is 24.8 Å². The van der Waals surface area contributed by atoms with E-state index in [0.717, 1.165) is 0 Å². The van der Waals surface area contributed by atoms with E-state index >= 15 is 0 Å². The molecule has 0 fully saturated rings. The molecule has 0 heterocycles. The van der Waals surface area contributed by atoms with Crippen molar-refractivity contribution in [1.82, 2.24) is 4.72 Å². The van der Waals surface area contributed by atoms with E-state index in [2.05, 4.69) is 11.3 Å². The van der Waals surface area contributed by atoms with Gasteiger partial charge in [0.05, 0.1) is 12.2 Å². The van der Waals surface area contributed by atoms with Gasteiger partial charge in [0.15, 0.2) is 0 Å². The lowest BCUT2D eigenvalue weighted by molar-refractivity contribution is 0.0545. The summed E-state index contributed by atoms with van der Waals surface area (Å²) in [7, 11) is -4.23. The Morgan fingerprint density at radius 2 is 1.95 bits per heavy atom. The van der Waals surface area contributed by atoms with Gasteiger partial charge in [0.2, 0.25) is 0 Å². The average molecular weight is 313 g/mol. The van der Waals surface area contributed by atoms with E-state index in [9.17, 15) is 18.0 Å². The molecule has 8 heteroatoms. The number of carbonyl (C=O) groups is 2. The summed E-state index contributed by atoms with van der Waals surface area (Å²) in [6, 6.07) is 5.37. The summed E-state index contributed by atoms with van der Waals surface area (Å²) < 4.78 is 35.2. The maximum absolute atomic E-state index is 12.1. The molecule has 0 unspecified atom stereocenters. The van der Waals surface area contributed by atoms with E-state index in [1.807, 2.05) is 0 Å². The Morgan fingerprint density at radius 1 is 1.29 bits per heavy atom. The Labute approximate surface area is 122 Å². The van der Waals surface area contributed by atoms with Crippen molar-refractivity contribution in [2.24, 2.45) is 0 Å². The van der Waals surface area contributed by atoms with Crippen molar-refractivity contribution >= 4 is 22.1 Å². The molecule has 21 heavy (non-hydrogen) atoms. The van der Waals surface area contributed by atoms with Crippen molar-refractivity contribution in [3.63, 3.8) is 0 Å². The van der Waals surface area contributed by atoms with Gasteiger partial charge in [0, 0.05) is 0 Å². The van der Waals surface area contributed by atoms with Crippen LogP contribution in [0.4, 0.5) is 4.79 Å². The van der Waals surface area contributed by atoms with Crippen LogP contribution in [-0.4, -0.2) is 33.7 Å². The molecule has 0 spiro atoms. The quantitative estimate of drug-likeness (QED) is 0.630. The molecule has 1 aromatic rings. The molecule has 0 radical (unpaired) electrons. The number of sulfonamides is 1. The SMILES string of the molecule is C=CCOC(=O)c1ccccc1S(=O)(=O)NC(=O)OCC. The van der Waals surface area contributed by atoms with E-state index in [4.69, 9.17) is 4.74 Å². The molecule has 0 atom stereocenters. The van der Waals surface area contributed by atoms with Gasteiger partial charge in [-0.15, -0.1) is 0 Å². The molecule has 1 N–H and O–H groups in total. The maximum atomic E-state index is 12.1. The summed E-state index contributed by atoms with van der Waals surface area (Å²) in [5, 5.41) is 0. The van der Waals surface area contributed by atoms with E-state index in [0.29, 0.717) is 0 Å². The van der Waals surface area contributed by atoms with Crippen LogP contribution >= 0.6 is 0 Å². The van der Waals surface area contributed by atoms with E-state index in [-0.39, 0.29) is 23.7 Å². The van der Waals surface area contributed by atoms with Crippen LogP contribution in [0.5, 0.6) is 0 Å². The molecular weight excluding hydrogens is 298 g/mol. The van der Waals surface area contributed by atoms with Gasteiger partial charge in [-0.05, 0) is 19.1 Å². The minimum Gasteiger partial charge on any atom is -0.458 e. The molecule has 0 aliphatic carbocycles. The zero-order chi connectivity index (χ0) is 15.9. The molecule has 0 aliphatic rings. The third kappa shape index (κ3) is 4.60. The standard InChI is InChI=1S/C13H15NO6S/c1-3-9-20-12(15)10-7-5-6-8-11(10)21(17,18)14-13(16)19-4-2/h3,5-8H,1,4,9H2,2H3,(H,14,16). The van der Waals surface area contributed by atoms with Gasteiger partial charge in [-0.3, -0.25) is 0 Å². The van der Waals surface area contributed by atoms with Gasteiger partial charge in [-0.25, -0.2) is 22.7 Å². The Kier molecular flexibility index (Phi) is 5.92. The van der Waals surface area contributed by atoms with E-state index in [1.165, 1.54) is 37.3 Å². The number of amides is 1. The van der Waals surface area contributed by atoms with E-state index < -0.39 is 22.1 Å². The fourth-order valence-electron chi connectivity index (χ4n) is 1.41. The van der Waals surface area contributed by atoms with Crippen LogP contribution in [0.15, 0.2) is 41.8 Å². The summed E-state index contributed by atoms with van der Waals surface area (Å²) in [5.41, 5.74) is -0.184. The van der Waals surface area contributed by atoms with Crippen molar-refractivity contribution in [3.05, 3.63) is 42.5 Å². The molecule has 0 aliphatic heterocycles. The maximum Gasteiger partial charge on any atom is 0.421 e. The number of hydrogen-bond donors (Lipinski definition) is 1. The number of rotatable bonds is 6. The highest BCUT2D eigenvalue weighted by Crippen LogP contribution is 2.16. The molecule has 1 amide bonds. The van der Waals surface area contributed by atoms with Crippen LogP contribution in [0.1, 0.15) is 17.3 Å². The third-order valence-electron chi connectivity index (χ3n) is 2.22. The van der Waals surface area contributed by atoms with Gasteiger partial charge in [-0.2, -0.15) is 0 Å². The summed E-state index contributed by atoms with van der Waals surface area (Å²) in [4.78, 5) is 22.7. The molecule has 7 nitrogen and oxygen atoms in total. The van der Waals surface area contributed by atoms with Gasteiger partial charge >= 0.3 is 12.1 Å². The smallest absolute Gasteiger partial charge is 0.421 e. The van der Waals surface area contributed by atoms with Crippen LogP contribution < -0.4 is 4.72 Å². The van der Waals surface area contributed by atoms with Gasteiger partial charge in [0.1, 0.15) is 11.5 Å². The largest absolute Gasteiger partial charge is 0.458 e. The summed E-state index contributed by atoms with van der Waals surface area (Å²) in [5.74, 6) is -0.834. The number of carbonyl (C=O) groups excluding carboxylic acids is 2. The summed E-state index contributed by atoms with van der Waals surface area (Å²) in [6.07, 6.45) is 0.234. The summed E-state index contributed by atoms with van der Waals surface area (Å²) >= 11 is 0. The minimum absolute atomic E-state index is 0.0182. The number of esters is 1. The van der Waals surface area contributed by atoms with Crippen molar-refractivity contribution < 1.29 is 27.5 Å². The predicted octanol–water partition coefficient (Wildman–Crippen LogP) is 1.46.